The fraction of sp³-hybridized carbons (Fsp3) is 0.238. The highest BCUT2D eigenvalue weighted by molar-refractivity contribution is 7.07. The van der Waals surface area contributed by atoms with Crippen molar-refractivity contribution in [1.82, 2.24) is 4.68 Å². The Morgan fingerprint density at radius 3 is 2.37 bits per heavy atom. The molecule has 0 atom stereocenters. The van der Waals surface area contributed by atoms with Gasteiger partial charge < -0.3 is 0 Å². The van der Waals surface area contributed by atoms with E-state index in [0.29, 0.717) is 11.3 Å². The molecule has 0 saturated heterocycles. The molecule has 6 heteroatoms. The number of halogens is 2. The van der Waals surface area contributed by atoms with Crippen LogP contribution in [0, 0.1) is 32.4 Å². The van der Waals surface area contributed by atoms with Crippen molar-refractivity contribution in [3.63, 3.8) is 0 Å². The molecule has 0 amide bonds. The average molecular weight is 385 g/mol. The number of aryl methyl sites for hydroxylation is 3. The summed E-state index contributed by atoms with van der Waals surface area (Å²) in [6, 6.07) is 8.01. The van der Waals surface area contributed by atoms with Crippen LogP contribution in [0.5, 0.6) is 0 Å². The molecule has 3 nitrogen and oxygen atoms in total. The first kappa shape index (κ1) is 19.2. The molecule has 27 heavy (non-hydrogen) atoms. The second-order valence-corrected chi connectivity index (χ2v) is 7.16. The number of thiazole rings is 1. The Bertz CT molecular complexity index is 1060. The minimum atomic E-state index is -0.646. The van der Waals surface area contributed by atoms with Gasteiger partial charge in [0.15, 0.2) is 0 Å². The summed E-state index contributed by atoms with van der Waals surface area (Å²) >= 11 is 1.45. The third-order valence-corrected chi connectivity index (χ3v) is 5.25. The first-order chi connectivity index (χ1) is 12.9. The molecule has 0 N–H and O–H groups in total. The van der Waals surface area contributed by atoms with Gasteiger partial charge in [-0.1, -0.05) is 12.1 Å². The van der Waals surface area contributed by atoms with Gasteiger partial charge in [0.05, 0.1) is 17.5 Å². The fourth-order valence-electron chi connectivity index (χ4n) is 2.83. The summed E-state index contributed by atoms with van der Waals surface area (Å²) in [5, 5.41) is 6.35. The predicted molar refractivity (Wildman–Crippen MR) is 107 cm³/mol. The van der Waals surface area contributed by atoms with Crippen LogP contribution in [0.4, 0.5) is 8.78 Å². The van der Waals surface area contributed by atoms with Crippen molar-refractivity contribution in [1.29, 1.82) is 0 Å². The van der Waals surface area contributed by atoms with E-state index in [1.54, 1.807) is 4.68 Å². The van der Waals surface area contributed by atoms with Crippen LogP contribution in [0.2, 0.25) is 0 Å². The smallest absolute Gasteiger partial charge is 0.206 e. The van der Waals surface area contributed by atoms with Crippen LogP contribution >= 0.6 is 11.3 Å². The molecule has 0 aliphatic heterocycles. The van der Waals surface area contributed by atoms with E-state index in [2.05, 4.69) is 36.1 Å². The van der Waals surface area contributed by atoms with Gasteiger partial charge in [-0.05, 0) is 62.6 Å². The minimum Gasteiger partial charge on any atom is -0.258 e. The van der Waals surface area contributed by atoms with Crippen LogP contribution in [0.1, 0.15) is 29.2 Å². The number of rotatable bonds is 4. The molecule has 0 aliphatic carbocycles. The highest BCUT2D eigenvalue weighted by Gasteiger charge is 2.12. The van der Waals surface area contributed by atoms with Crippen molar-refractivity contribution in [3.8, 4) is 11.3 Å². The van der Waals surface area contributed by atoms with Gasteiger partial charge in [0.2, 0.25) is 4.80 Å². The lowest BCUT2D eigenvalue weighted by atomic mass is 9.99. The molecule has 0 aliphatic rings. The molecule has 0 fully saturated rings. The maximum atomic E-state index is 14.0. The van der Waals surface area contributed by atoms with Crippen molar-refractivity contribution < 1.29 is 8.78 Å². The van der Waals surface area contributed by atoms with Gasteiger partial charge in [-0.2, -0.15) is 5.10 Å². The van der Waals surface area contributed by atoms with Gasteiger partial charge in [-0.3, -0.25) is 4.99 Å². The molecule has 0 spiro atoms. The molecule has 3 aromatic rings. The Balaban J connectivity index is 2.18. The van der Waals surface area contributed by atoms with Crippen molar-refractivity contribution in [2.45, 2.75) is 27.7 Å². The van der Waals surface area contributed by atoms with E-state index >= 15 is 0 Å². The number of nitrogens with zero attached hydrogens (tertiary/aromatic N) is 3. The molecular weight excluding hydrogens is 364 g/mol. The maximum Gasteiger partial charge on any atom is 0.206 e. The van der Waals surface area contributed by atoms with E-state index in [4.69, 9.17) is 0 Å². The maximum absolute atomic E-state index is 14.0. The predicted octanol–water partition coefficient (Wildman–Crippen LogP) is 5.22. The summed E-state index contributed by atoms with van der Waals surface area (Å²) in [6.45, 7) is 8.70. The molecule has 0 unspecified atom stereocenters. The molecule has 1 aromatic heterocycles. The monoisotopic (exact) mass is 385 g/mol. The molecule has 0 bridgehead atoms. The highest BCUT2D eigenvalue weighted by Crippen LogP contribution is 2.27. The van der Waals surface area contributed by atoms with E-state index in [-0.39, 0.29) is 5.56 Å². The van der Waals surface area contributed by atoms with E-state index in [1.165, 1.54) is 46.9 Å². The second-order valence-electron chi connectivity index (χ2n) is 6.32. The number of hydrogen-bond acceptors (Lipinski definition) is 3. The first-order valence-corrected chi connectivity index (χ1v) is 9.58. The van der Waals surface area contributed by atoms with E-state index in [0.717, 1.165) is 16.8 Å². The molecular formula is C21H21F2N3S. The van der Waals surface area contributed by atoms with E-state index in [1.807, 2.05) is 19.2 Å². The summed E-state index contributed by atoms with van der Waals surface area (Å²) in [5.74, 6) is -1.29. The average Bonchev–Trinajstić information content (AvgIpc) is 3.01. The second kappa shape index (κ2) is 7.96. The third-order valence-electron chi connectivity index (χ3n) is 4.40. The Kier molecular flexibility index (Phi) is 5.65. The van der Waals surface area contributed by atoms with E-state index < -0.39 is 11.6 Å². The summed E-state index contributed by atoms with van der Waals surface area (Å²) < 4.78 is 29.6. The molecule has 140 valence electrons. The molecule has 3 rings (SSSR count). The van der Waals surface area contributed by atoms with Crippen molar-refractivity contribution in [3.05, 3.63) is 74.4 Å². The summed E-state index contributed by atoms with van der Waals surface area (Å²) in [4.78, 5) is 5.14. The number of hydrogen-bond donors (Lipinski definition) is 0. The van der Waals surface area contributed by atoms with Gasteiger partial charge in [0.25, 0.3) is 0 Å². The molecule has 0 radical (unpaired) electrons. The lowest BCUT2D eigenvalue weighted by Crippen LogP contribution is -2.13. The number of aromatic nitrogens is 1. The normalized spacial score (nSPS) is 12.3. The zero-order chi connectivity index (χ0) is 19.6. The standard InChI is InChI=1S/C21H21F2N3S/c1-5-24-21-26(25-11-17-18(22)7-6-8-19(17)23)20(12-27-21)16-10-14(3)13(2)9-15(16)4/h6-12H,5H2,1-4H3. The minimum absolute atomic E-state index is 0.165. The van der Waals surface area contributed by atoms with Crippen LogP contribution in [0.15, 0.2) is 45.8 Å². The van der Waals surface area contributed by atoms with Crippen molar-refractivity contribution in [2.75, 3.05) is 6.54 Å². The van der Waals surface area contributed by atoms with Crippen LogP contribution in [0.3, 0.4) is 0 Å². The van der Waals surface area contributed by atoms with Gasteiger partial charge in [0, 0.05) is 17.5 Å². The van der Waals surface area contributed by atoms with Gasteiger partial charge in [-0.25, -0.2) is 13.5 Å². The third kappa shape index (κ3) is 3.90. The van der Waals surface area contributed by atoms with E-state index in [9.17, 15) is 8.78 Å². The summed E-state index contributed by atoms with van der Waals surface area (Å²) in [5.41, 5.74) is 5.21. The lowest BCUT2D eigenvalue weighted by Gasteiger charge is -2.10. The topological polar surface area (TPSA) is 29.6 Å². The summed E-state index contributed by atoms with van der Waals surface area (Å²) in [6.07, 6.45) is 1.21. The Labute approximate surface area is 161 Å². The van der Waals surface area contributed by atoms with Gasteiger partial charge >= 0.3 is 0 Å². The zero-order valence-corrected chi connectivity index (χ0v) is 16.6. The quantitative estimate of drug-likeness (QED) is 0.551. The van der Waals surface area contributed by atoms with Gasteiger partial charge in [-0.15, -0.1) is 11.3 Å². The fourth-order valence-corrected chi connectivity index (χ4v) is 3.72. The molecule has 1 heterocycles. The van der Waals surface area contributed by atoms with Crippen LogP contribution < -0.4 is 4.80 Å². The van der Waals surface area contributed by atoms with Crippen LogP contribution in [-0.2, 0) is 0 Å². The molecule has 2 aromatic carbocycles. The van der Waals surface area contributed by atoms with Crippen molar-refractivity contribution >= 4 is 17.6 Å². The Morgan fingerprint density at radius 1 is 1.04 bits per heavy atom. The lowest BCUT2D eigenvalue weighted by molar-refractivity contribution is 0.579. The SMILES string of the molecule is CCN=c1scc(-c2cc(C)c(C)cc2C)n1N=Cc1c(F)cccc1F. The largest absolute Gasteiger partial charge is 0.258 e. The van der Waals surface area contributed by atoms with Crippen LogP contribution in [0.25, 0.3) is 11.3 Å². The van der Waals surface area contributed by atoms with Crippen molar-refractivity contribution in [2.24, 2.45) is 10.1 Å². The van der Waals surface area contributed by atoms with Crippen LogP contribution in [-0.4, -0.2) is 17.4 Å². The first-order valence-electron chi connectivity index (χ1n) is 8.70. The highest BCUT2D eigenvalue weighted by atomic mass is 32.1. The zero-order valence-electron chi connectivity index (χ0n) is 15.8. The molecule has 0 saturated carbocycles. The Morgan fingerprint density at radius 2 is 1.70 bits per heavy atom. The Hall–Kier alpha value is -2.60. The number of benzene rings is 2. The summed E-state index contributed by atoms with van der Waals surface area (Å²) in [7, 11) is 0. The van der Waals surface area contributed by atoms with Gasteiger partial charge in [0.1, 0.15) is 11.6 Å².